The summed E-state index contributed by atoms with van der Waals surface area (Å²) in [7, 11) is 0. The van der Waals surface area contributed by atoms with Gasteiger partial charge in [-0.2, -0.15) is 0 Å². The third-order valence-corrected chi connectivity index (χ3v) is 18.3. The number of aliphatic hydroxyl groups excluding tert-OH is 2. The standard InChI is InChI=1S/C78H151NO5/c1-3-5-7-9-11-13-15-17-19-21-23-35-38-42-46-50-54-58-62-66-70-76(81)75(74-80)79-77(82)71-67-63-59-55-51-47-43-39-36-33-31-29-27-25-24-26-28-30-32-34-37-41-45-49-53-57-61-65-69-73-84-78(83)72-68-64-60-56-52-48-44-40-22-20-18-16-14-12-10-8-6-4-2/h14,16,20,22,75-76,80-81H,3-13,15,17-19,21,23-74H2,1-2H3,(H,79,82)/b16-14-,22-20-. The first-order chi connectivity index (χ1) is 41.5. The van der Waals surface area contributed by atoms with Gasteiger partial charge in [-0.15, -0.1) is 0 Å². The van der Waals surface area contributed by atoms with E-state index >= 15 is 0 Å². The number of hydrogen-bond donors (Lipinski definition) is 3. The molecule has 0 saturated heterocycles. The molecule has 2 unspecified atom stereocenters. The minimum atomic E-state index is -0.663. The van der Waals surface area contributed by atoms with Crippen LogP contribution in [-0.4, -0.2) is 47.4 Å². The molecule has 0 rings (SSSR count). The van der Waals surface area contributed by atoms with Gasteiger partial charge in [-0.25, -0.2) is 0 Å². The van der Waals surface area contributed by atoms with Crippen LogP contribution < -0.4 is 5.32 Å². The topological polar surface area (TPSA) is 95.9 Å². The van der Waals surface area contributed by atoms with Gasteiger partial charge in [0.2, 0.25) is 5.91 Å². The van der Waals surface area contributed by atoms with E-state index in [0.717, 1.165) is 51.4 Å². The van der Waals surface area contributed by atoms with Gasteiger partial charge in [0, 0.05) is 12.8 Å². The van der Waals surface area contributed by atoms with Crippen molar-refractivity contribution < 1.29 is 24.5 Å². The molecule has 0 heterocycles. The lowest BCUT2D eigenvalue weighted by Crippen LogP contribution is -2.45. The van der Waals surface area contributed by atoms with Crippen LogP contribution in [0.4, 0.5) is 0 Å². The van der Waals surface area contributed by atoms with Crippen molar-refractivity contribution in [2.24, 2.45) is 0 Å². The summed E-state index contributed by atoms with van der Waals surface area (Å²) in [5.41, 5.74) is 0. The maximum absolute atomic E-state index is 12.6. The molecule has 0 aliphatic carbocycles. The predicted molar refractivity (Wildman–Crippen MR) is 370 cm³/mol. The third-order valence-electron chi connectivity index (χ3n) is 18.3. The number of allylic oxidation sites excluding steroid dienone is 4. The van der Waals surface area contributed by atoms with Crippen LogP contribution in [0.25, 0.3) is 0 Å². The highest BCUT2D eigenvalue weighted by Gasteiger charge is 2.20. The highest BCUT2D eigenvalue weighted by molar-refractivity contribution is 5.76. The van der Waals surface area contributed by atoms with Crippen molar-refractivity contribution in [3.8, 4) is 0 Å². The summed E-state index contributed by atoms with van der Waals surface area (Å²) in [4.78, 5) is 24.7. The Kier molecular flexibility index (Phi) is 72.3. The first-order valence-electron chi connectivity index (χ1n) is 38.6. The van der Waals surface area contributed by atoms with Gasteiger partial charge in [0.25, 0.3) is 0 Å². The quantitative estimate of drug-likeness (QED) is 0.0320. The minimum absolute atomic E-state index is 0.0132. The lowest BCUT2D eigenvalue weighted by molar-refractivity contribution is -0.143. The minimum Gasteiger partial charge on any atom is -0.466 e. The molecule has 0 aromatic rings. The molecule has 0 aliphatic heterocycles. The highest BCUT2D eigenvalue weighted by Crippen LogP contribution is 2.20. The fourth-order valence-electron chi connectivity index (χ4n) is 12.4. The summed E-state index contributed by atoms with van der Waals surface area (Å²) in [6.07, 6.45) is 94.0. The number of ether oxygens (including phenoxy) is 1. The maximum Gasteiger partial charge on any atom is 0.305 e. The normalized spacial score (nSPS) is 12.6. The van der Waals surface area contributed by atoms with Crippen molar-refractivity contribution in [1.82, 2.24) is 5.32 Å². The molecular formula is C78H151NO5. The number of nitrogens with one attached hydrogen (secondary N) is 1. The second kappa shape index (κ2) is 73.8. The first kappa shape index (κ1) is 82.3. The molecule has 0 aromatic heterocycles. The van der Waals surface area contributed by atoms with Crippen LogP contribution in [0.1, 0.15) is 438 Å². The number of carbonyl (C=O) groups excluding carboxylic acids is 2. The fourth-order valence-corrected chi connectivity index (χ4v) is 12.4. The van der Waals surface area contributed by atoms with E-state index in [1.807, 2.05) is 0 Å². The molecule has 6 heteroatoms. The van der Waals surface area contributed by atoms with E-state index in [4.69, 9.17) is 4.74 Å². The lowest BCUT2D eigenvalue weighted by atomic mass is 10.0. The summed E-state index contributed by atoms with van der Waals surface area (Å²) < 4.78 is 5.51. The van der Waals surface area contributed by atoms with Crippen molar-refractivity contribution in [3.05, 3.63) is 24.3 Å². The number of aliphatic hydroxyl groups is 2. The van der Waals surface area contributed by atoms with E-state index in [1.54, 1.807) is 0 Å². The van der Waals surface area contributed by atoms with Gasteiger partial charge in [-0.1, -0.05) is 391 Å². The van der Waals surface area contributed by atoms with Gasteiger partial charge in [-0.3, -0.25) is 9.59 Å². The van der Waals surface area contributed by atoms with E-state index in [0.29, 0.717) is 25.9 Å². The smallest absolute Gasteiger partial charge is 0.305 e. The average Bonchev–Trinajstić information content (AvgIpc) is 3.51. The van der Waals surface area contributed by atoms with Crippen LogP contribution in [0.3, 0.4) is 0 Å². The van der Waals surface area contributed by atoms with Crippen molar-refractivity contribution in [2.45, 2.75) is 450 Å². The predicted octanol–water partition coefficient (Wildman–Crippen LogP) is 25.3. The zero-order valence-corrected chi connectivity index (χ0v) is 57.2. The Balaban J connectivity index is 3.33. The molecule has 0 aromatic carbocycles. The van der Waals surface area contributed by atoms with Crippen LogP contribution in [0, 0.1) is 0 Å². The molecule has 6 nitrogen and oxygen atoms in total. The summed E-state index contributed by atoms with van der Waals surface area (Å²) in [6, 6.07) is -0.539. The monoisotopic (exact) mass is 1180 g/mol. The largest absolute Gasteiger partial charge is 0.466 e. The van der Waals surface area contributed by atoms with Crippen LogP contribution in [0.5, 0.6) is 0 Å². The summed E-state index contributed by atoms with van der Waals surface area (Å²) >= 11 is 0. The second-order valence-corrected chi connectivity index (χ2v) is 26.7. The summed E-state index contributed by atoms with van der Waals surface area (Å²) in [5.74, 6) is -0.0134. The van der Waals surface area contributed by atoms with Gasteiger partial charge in [0.1, 0.15) is 0 Å². The first-order valence-corrected chi connectivity index (χ1v) is 38.6. The molecule has 0 radical (unpaired) electrons. The molecule has 1 amide bonds. The van der Waals surface area contributed by atoms with E-state index in [1.165, 1.54) is 353 Å². The van der Waals surface area contributed by atoms with Gasteiger partial charge in [0.05, 0.1) is 25.4 Å². The Morgan fingerprint density at radius 1 is 0.333 bits per heavy atom. The number of hydrogen-bond acceptors (Lipinski definition) is 5. The van der Waals surface area contributed by atoms with E-state index in [-0.39, 0.29) is 18.5 Å². The molecule has 0 spiro atoms. The van der Waals surface area contributed by atoms with Gasteiger partial charge in [0.15, 0.2) is 0 Å². The zero-order valence-electron chi connectivity index (χ0n) is 57.2. The van der Waals surface area contributed by atoms with Crippen LogP contribution in [-0.2, 0) is 14.3 Å². The molecule has 84 heavy (non-hydrogen) atoms. The van der Waals surface area contributed by atoms with Crippen molar-refractivity contribution in [2.75, 3.05) is 13.2 Å². The van der Waals surface area contributed by atoms with Gasteiger partial charge in [-0.05, 0) is 57.8 Å². The second-order valence-electron chi connectivity index (χ2n) is 26.7. The molecule has 0 aliphatic rings. The molecule has 0 saturated carbocycles. The molecule has 0 bridgehead atoms. The van der Waals surface area contributed by atoms with Crippen LogP contribution >= 0.6 is 0 Å². The van der Waals surface area contributed by atoms with Gasteiger partial charge < -0.3 is 20.3 Å². The number of amides is 1. The zero-order chi connectivity index (χ0) is 60.6. The molecule has 2 atom stereocenters. The van der Waals surface area contributed by atoms with Crippen molar-refractivity contribution in [3.63, 3.8) is 0 Å². The van der Waals surface area contributed by atoms with E-state index < -0.39 is 12.1 Å². The summed E-state index contributed by atoms with van der Waals surface area (Å²) in [6.45, 7) is 4.98. The number of esters is 1. The highest BCUT2D eigenvalue weighted by atomic mass is 16.5. The van der Waals surface area contributed by atoms with E-state index in [2.05, 4.69) is 43.5 Å². The number of carbonyl (C=O) groups is 2. The van der Waals surface area contributed by atoms with Crippen molar-refractivity contribution in [1.29, 1.82) is 0 Å². The maximum atomic E-state index is 12.6. The molecule has 3 N–H and O–H groups in total. The van der Waals surface area contributed by atoms with Crippen LogP contribution in [0.2, 0.25) is 0 Å². The average molecular weight is 1180 g/mol. The fraction of sp³-hybridized carbons (Fsp3) is 0.923. The summed E-state index contributed by atoms with van der Waals surface area (Å²) in [5, 5.41) is 23.4. The Morgan fingerprint density at radius 2 is 0.595 bits per heavy atom. The van der Waals surface area contributed by atoms with Crippen molar-refractivity contribution >= 4 is 11.9 Å². The molecule has 498 valence electrons. The lowest BCUT2D eigenvalue weighted by Gasteiger charge is -2.22. The Hall–Kier alpha value is -1.66. The molecule has 0 fully saturated rings. The van der Waals surface area contributed by atoms with E-state index in [9.17, 15) is 19.8 Å². The third kappa shape index (κ3) is 69.4. The van der Waals surface area contributed by atoms with Gasteiger partial charge >= 0.3 is 5.97 Å². The Morgan fingerprint density at radius 3 is 0.917 bits per heavy atom. The Labute approximate surface area is 526 Å². The molecular weight excluding hydrogens is 1030 g/mol. The SMILES string of the molecule is CCCCCC/C=C\C/C=C\CCCCCCCCCC(=O)OCCCCCCCCCCCCCCCCCCCCCCCCCCCCCCCC(=O)NC(CO)C(O)CCCCCCCCCCCCCCCCCCCCCC. The Bertz CT molecular complexity index is 1320. The number of rotatable bonds is 73. The van der Waals surface area contributed by atoms with Crippen LogP contribution in [0.15, 0.2) is 24.3 Å². The number of unbranched alkanes of at least 4 members (excludes halogenated alkanes) is 58.